The zero-order valence-corrected chi connectivity index (χ0v) is 17.5. The van der Waals surface area contributed by atoms with Crippen LogP contribution in [0, 0.1) is 0 Å². The first kappa shape index (κ1) is 20.7. The van der Waals surface area contributed by atoms with Gasteiger partial charge >= 0.3 is 0 Å². The van der Waals surface area contributed by atoms with Gasteiger partial charge in [-0.3, -0.25) is 9.00 Å². The number of carbonyl (C=O) groups excluding carboxylic acids is 1. The van der Waals surface area contributed by atoms with Gasteiger partial charge in [0.2, 0.25) is 5.91 Å². The number of anilines is 1. The molecule has 7 heteroatoms. The number of amides is 1. The van der Waals surface area contributed by atoms with Crippen molar-refractivity contribution in [3.63, 3.8) is 0 Å². The van der Waals surface area contributed by atoms with Crippen LogP contribution in [0.25, 0.3) is 0 Å². The van der Waals surface area contributed by atoms with E-state index in [1.54, 1.807) is 18.2 Å². The van der Waals surface area contributed by atoms with Crippen LogP contribution < -0.4 is 5.32 Å². The average Bonchev–Trinajstić information content (AvgIpc) is 3.14. The molecular weight excluding hydrogens is 394 g/mol. The second kappa shape index (κ2) is 8.57. The lowest BCUT2D eigenvalue weighted by Gasteiger charge is -2.25. The van der Waals surface area contributed by atoms with Gasteiger partial charge in [-0.15, -0.1) is 0 Å². The lowest BCUT2D eigenvalue weighted by Crippen LogP contribution is -2.47. The minimum atomic E-state index is -3.51. The van der Waals surface area contributed by atoms with Crippen LogP contribution in [0.15, 0.2) is 54.6 Å². The Morgan fingerprint density at radius 3 is 2.25 bits per heavy atom. The average molecular weight is 420 g/mol. The predicted octanol–water partition coefficient (Wildman–Crippen LogP) is 3.43. The molecule has 3 rings (SSSR count). The number of hydrogen-bond acceptors (Lipinski definition) is 4. The normalized spacial score (nSPS) is 17.2. The van der Waals surface area contributed by atoms with Gasteiger partial charge in [0.05, 0.1) is 0 Å². The summed E-state index contributed by atoms with van der Waals surface area (Å²) in [6, 6.07) is 16.8. The Morgan fingerprint density at radius 2 is 1.61 bits per heavy atom. The highest BCUT2D eigenvalue weighted by Gasteiger charge is 2.49. The SMILES string of the molecule is CS(=O)(=O)C1(C(=O)Nc2cccc(CS(=O)Cc3ccccc3)c2)CCCC1. The smallest absolute Gasteiger partial charge is 0.245 e. The maximum atomic E-state index is 12.8. The minimum Gasteiger partial charge on any atom is -0.325 e. The quantitative estimate of drug-likeness (QED) is 0.746. The lowest BCUT2D eigenvalue weighted by atomic mass is 10.1. The van der Waals surface area contributed by atoms with Crippen molar-refractivity contribution in [2.24, 2.45) is 0 Å². The van der Waals surface area contributed by atoms with Gasteiger partial charge in [-0.05, 0) is 36.1 Å². The number of carbonyl (C=O) groups is 1. The molecule has 1 saturated carbocycles. The third kappa shape index (κ3) is 4.70. The number of hydrogen-bond donors (Lipinski definition) is 1. The zero-order chi connectivity index (χ0) is 20.2. The molecule has 0 radical (unpaired) electrons. The largest absolute Gasteiger partial charge is 0.325 e. The van der Waals surface area contributed by atoms with Crippen LogP contribution in [0.4, 0.5) is 5.69 Å². The van der Waals surface area contributed by atoms with Crippen molar-refractivity contribution in [2.45, 2.75) is 41.9 Å². The lowest BCUT2D eigenvalue weighted by molar-refractivity contribution is -0.118. The molecule has 150 valence electrons. The molecule has 1 aliphatic rings. The summed E-state index contributed by atoms with van der Waals surface area (Å²) in [5, 5.41) is 2.78. The molecule has 2 aromatic rings. The van der Waals surface area contributed by atoms with Crippen LogP contribution >= 0.6 is 0 Å². The van der Waals surface area contributed by atoms with Gasteiger partial charge < -0.3 is 5.32 Å². The molecule has 1 N–H and O–H groups in total. The van der Waals surface area contributed by atoms with Gasteiger partial charge in [0.1, 0.15) is 0 Å². The molecule has 1 atom stereocenters. The first-order chi connectivity index (χ1) is 13.3. The van der Waals surface area contributed by atoms with E-state index >= 15 is 0 Å². The fourth-order valence-corrected chi connectivity index (χ4v) is 6.33. The van der Waals surface area contributed by atoms with Crippen LogP contribution in [0.2, 0.25) is 0 Å². The highest BCUT2D eigenvalue weighted by Crippen LogP contribution is 2.37. The van der Waals surface area contributed by atoms with E-state index in [0.717, 1.165) is 30.2 Å². The highest BCUT2D eigenvalue weighted by atomic mass is 32.2. The second-order valence-electron chi connectivity index (χ2n) is 7.34. The van der Waals surface area contributed by atoms with E-state index in [4.69, 9.17) is 0 Å². The summed E-state index contributed by atoms with van der Waals surface area (Å²) < 4.78 is 35.7. The minimum absolute atomic E-state index is 0.360. The molecule has 1 aliphatic carbocycles. The predicted molar refractivity (Wildman–Crippen MR) is 113 cm³/mol. The van der Waals surface area contributed by atoms with Crippen LogP contribution in [0.5, 0.6) is 0 Å². The third-order valence-corrected chi connectivity index (χ3v) is 8.54. The number of rotatable bonds is 7. The van der Waals surface area contributed by atoms with E-state index in [-0.39, 0.29) is 0 Å². The molecule has 1 amide bonds. The number of nitrogens with one attached hydrogen (secondary N) is 1. The molecule has 1 unspecified atom stereocenters. The molecule has 0 spiro atoms. The van der Waals surface area contributed by atoms with Gasteiger partial charge in [-0.2, -0.15) is 0 Å². The van der Waals surface area contributed by atoms with Crippen LogP contribution in [0.3, 0.4) is 0 Å². The number of sulfone groups is 1. The molecule has 2 aromatic carbocycles. The van der Waals surface area contributed by atoms with Crippen LogP contribution in [0.1, 0.15) is 36.8 Å². The fourth-order valence-electron chi connectivity index (χ4n) is 3.69. The van der Waals surface area contributed by atoms with E-state index in [1.807, 2.05) is 36.4 Å². The Labute approximate surface area is 168 Å². The van der Waals surface area contributed by atoms with E-state index in [9.17, 15) is 17.4 Å². The standard InChI is InChI=1S/C21H25NO4S2/c1-28(25,26)21(12-5-6-13-21)20(23)22-19-11-7-10-18(14-19)16-27(24)15-17-8-3-2-4-9-17/h2-4,7-11,14H,5-6,12-13,15-16H2,1H3,(H,22,23). The summed E-state index contributed by atoms with van der Waals surface area (Å²) >= 11 is 0. The molecule has 0 aliphatic heterocycles. The third-order valence-electron chi connectivity index (χ3n) is 5.22. The molecular formula is C21H25NO4S2. The van der Waals surface area contributed by atoms with E-state index in [0.29, 0.717) is 30.0 Å². The monoisotopic (exact) mass is 419 g/mol. The Balaban J connectivity index is 1.69. The summed E-state index contributed by atoms with van der Waals surface area (Å²) in [7, 11) is -4.58. The molecule has 28 heavy (non-hydrogen) atoms. The molecule has 0 bridgehead atoms. The van der Waals surface area contributed by atoms with Crippen molar-refractivity contribution < 1.29 is 17.4 Å². The molecule has 0 saturated heterocycles. The molecule has 0 heterocycles. The first-order valence-electron chi connectivity index (χ1n) is 9.29. The highest BCUT2D eigenvalue weighted by molar-refractivity contribution is 7.93. The summed E-state index contributed by atoms with van der Waals surface area (Å²) in [6.07, 6.45) is 3.33. The van der Waals surface area contributed by atoms with Gasteiger partial charge in [0.25, 0.3) is 0 Å². The van der Waals surface area contributed by atoms with Gasteiger partial charge in [0.15, 0.2) is 14.6 Å². The van der Waals surface area contributed by atoms with E-state index in [2.05, 4.69) is 5.32 Å². The second-order valence-corrected chi connectivity index (χ2v) is 11.1. The molecule has 0 aromatic heterocycles. The topological polar surface area (TPSA) is 80.3 Å². The molecule has 1 fully saturated rings. The Hall–Kier alpha value is -1.99. The number of benzene rings is 2. The van der Waals surface area contributed by atoms with Crippen molar-refractivity contribution in [3.05, 3.63) is 65.7 Å². The van der Waals surface area contributed by atoms with Crippen molar-refractivity contribution in [1.82, 2.24) is 0 Å². The maximum absolute atomic E-state index is 12.8. The van der Waals surface area contributed by atoms with Crippen LogP contribution in [-0.2, 0) is 36.9 Å². The van der Waals surface area contributed by atoms with Crippen molar-refractivity contribution in [2.75, 3.05) is 11.6 Å². The van der Waals surface area contributed by atoms with Crippen molar-refractivity contribution in [1.29, 1.82) is 0 Å². The summed E-state index contributed by atoms with van der Waals surface area (Å²) in [4.78, 5) is 12.8. The van der Waals surface area contributed by atoms with E-state index in [1.165, 1.54) is 0 Å². The van der Waals surface area contributed by atoms with Crippen LogP contribution in [-0.4, -0.2) is 29.5 Å². The molecule has 5 nitrogen and oxygen atoms in total. The Morgan fingerprint density at radius 1 is 1.00 bits per heavy atom. The Kier molecular flexibility index (Phi) is 6.35. The maximum Gasteiger partial charge on any atom is 0.245 e. The summed E-state index contributed by atoms with van der Waals surface area (Å²) in [6.45, 7) is 0. The summed E-state index contributed by atoms with van der Waals surface area (Å²) in [5.41, 5.74) is 2.39. The van der Waals surface area contributed by atoms with Crippen molar-refractivity contribution in [3.8, 4) is 0 Å². The van der Waals surface area contributed by atoms with Crippen molar-refractivity contribution >= 4 is 32.2 Å². The first-order valence-corrected chi connectivity index (χ1v) is 12.7. The zero-order valence-electron chi connectivity index (χ0n) is 15.9. The van der Waals surface area contributed by atoms with Gasteiger partial charge in [-0.1, -0.05) is 55.3 Å². The van der Waals surface area contributed by atoms with Gasteiger partial charge in [0, 0.05) is 34.2 Å². The van der Waals surface area contributed by atoms with Gasteiger partial charge in [-0.25, -0.2) is 8.42 Å². The summed E-state index contributed by atoms with van der Waals surface area (Å²) in [5.74, 6) is 0.375. The Bertz CT molecular complexity index is 965. The van der Waals surface area contributed by atoms with E-state index < -0.39 is 31.3 Å². The fraction of sp³-hybridized carbons (Fsp3) is 0.381.